The van der Waals surface area contributed by atoms with Gasteiger partial charge in [-0.2, -0.15) is 11.8 Å². The number of hydrogen-bond acceptors (Lipinski definition) is 5. The van der Waals surface area contributed by atoms with Gasteiger partial charge in [-0.05, 0) is 88.6 Å². The summed E-state index contributed by atoms with van der Waals surface area (Å²) < 4.78 is 5.45. The summed E-state index contributed by atoms with van der Waals surface area (Å²) in [6.45, 7) is 9.23. The zero-order valence-electron chi connectivity index (χ0n) is 22.7. The van der Waals surface area contributed by atoms with Gasteiger partial charge in [-0.25, -0.2) is 4.79 Å². The highest BCUT2D eigenvalue weighted by atomic mass is 32.2. The molecule has 0 heterocycles. The van der Waals surface area contributed by atoms with Gasteiger partial charge in [0.1, 0.15) is 17.7 Å². The lowest BCUT2D eigenvalue weighted by atomic mass is 9.97. The zero-order valence-corrected chi connectivity index (χ0v) is 23.5. The largest absolute Gasteiger partial charge is 0.444 e. The highest BCUT2D eigenvalue weighted by Gasteiger charge is 2.44. The second-order valence-corrected chi connectivity index (χ2v) is 11.5. The summed E-state index contributed by atoms with van der Waals surface area (Å²) >= 11 is 1.60. The average Bonchev–Trinajstić information content (AvgIpc) is 3.66. The molecule has 2 atom stereocenters. The molecule has 0 radical (unpaired) electrons. The smallest absolute Gasteiger partial charge is 0.408 e. The van der Waals surface area contributed by atoms with E-state index in [0.29, 0.717) is 17.9 Å². The minimum Gasteiger partial charge on any atom is -0.444 e. The van der Waals surface area contributed by atoms with Gasteiger partial charge in [-0.1, -0.05) is 42.5 Å². The van der Waals surface area contributed by atoms with Crippen molar-refractivity contribution in [1.82, 2.24) is 10.2 Å². The number of carbonyl (C=O) groups is 3. The van der Waals surface area contributed by atoms with Crippen LogP contribution < -0.4 is 10.6 Å². The number of para-hydroxylation sites is 1. The van der Waals surface area contributed by atoms with Gasteiger partial charge >= 0.3 is 6.09 Å². The van der Waals surface area contributed by atoms with Crippen LogP contribution in [0, 0.1) is 13.8 Å². The fraction of sp³-hybridized carbons (Fsp3) is 0.483. The first-order valence-electron chi connectivity index (χ1n) is 12.7. The topological polar surface area (TPSA) is 87.7 Å². The lowest BCUT2D eigenvalue weighted by Gasteiger charge is -2.35. The van der Waals surface area contributed by atoms with E-state index in [1.54, 1.807) is 37.4 Å². The third kappa shape index (κ3) is 7.99. The number of alkyl carbamates (subject to hydrolysis) is 1. The van der Waals surface area contributed by atoms with Crippen molar-refractivity contribution >= 4 is 35.4 Å². The molecule has 2 aromatic carbocycles. The van der Waals surface area contributed by atoms with E-state index in [-0.39, 0.29) is 17.9 Å². The number of aryl methyl sites for hydroxylation is 2. The summed E-state index contributed by atoms with van der Waals surface area (Å²) in [6, 6.07) is 13.5. The van der Waals surface area contributed by atoms with Crippen molar-refractivity contribution in [3.63, 3.8) is 0 Å². The maximum atomic E-state index is 14.1. The Kier molecular flexibility index (Phi) is 9.65. The Bertz CT molecular complexity index is 1110. The van der Waals surface area contributed by atoms with Crippen LogP contribution in [-0.4, -0.2) is 52.5 Å². The number of nitrogens with zero attached hydrogens (tertiary/aromatic N) is 1. The Morgan fingerprint density at radius 1 is 1.03 bits per heavy atom. The van der Waals surface area contributed by atoms with Crippen LogP contribution in [0.25, 0.3) is 0 Å². The molecule has 0 saturated heterocycles. The molecule has 200 valence electrons. The van der Waals surface area contributed by atoms with Crippen LogP contribution in [0.2, 0.25) is 0 Å². The molecule has 0 bridgehead atoms. The number of anilines is 1. The fourth-order valence-electron chi connectivity index (χ4n) is 4.22. The van der Waals surface area contributed by atoms with E-state index in [2.05, 4.69) is 10.6 Å². The summed E-state index contributed by atoms with van der Waals surface area (Å²) in [5.74, 6) is 0.134. The van der Waals surface area contributed by atoms with E-state index in [4.69, 9.17) is 4.74 Å². The molecule has 37 heavy (non-hydrogen) atoms. The van der Waals surface area contributed by atoms with Gasteiger partial charge in [0, 0.05) is 11.7 Å². The molecule has 2 aromatic rings. The molecule has 1 saturated carbocycles. The lowest BCUT2D eigenvalue weighted by Crippen LogP contribution is -2.53. The molecule has 8 heteroatoms. The van der Waals surface area contributed by atoms with Gasteiger partial charge in [-0.15, -0.1) is 0 Å². The molecule has 2 N–H and O–H groups in total. The standard InChI is InChI=1S/C29H39N3O4S/c1-19-11-7-9-13-22(19)25(26(33)30-23-14-10-8-12-20(23)2)32(21-15-16-21)27(34)24(17-18-37-6)31-28(35)36-29(3,4)5/h7-14,21,24-25H,15-18H2,1-6H3,(H,30,33)(H,31,35). The van der Waals surface area contributed by atoms with Crippen LogP contribution in [0.3, 0.4) is 0 Å². The Balaban J connectivity index is 1.99. The monoisotopic (exact) mass is 525 g/mol. The molecule has 1 aliphatic carbocycles. The van der Waals surface area contributed by atoms with Gasteiger partial charge in [0.15, 0.2) is 0 Å². The molecule has 3 rings (SSSR count). The summed E-state index contributed by atoms with van der Waals surface area (Å²) in [6.07, 6.45) is 3.38. The zero-order chi connectivity index (χ0) is 27.2. The van der Waals surface area contributed by atoms with E-state index in [1.165, 1.54) is 0 Å². The normalized spacial score (nSPS) is 14.9. The van der Waals surface area contributed by atoms with Crippen LogP contribution in [0.1, 0.15) is 62.8 Å². The van der Waals surface area contributed by atoms with Crippen LogP contribution >= 0.6 is 11.8 Å². The summed E-state index contributed by atoms with van der Waals surface area (Å²) in [5, 5.41) is 5.85. The van der Waals surface area contributed by atoms with Crippen molar-refractivity contribution in [2.45, 2.75) is 77.6 Å². The number of nitrogens with one attached hydrogen (secondary N) is 2. The van der Waals surface area contributed by atoms with E-state index in [1.807, 2.05) is 68.6 Å². The van der Waals surface area contributed by atoms with E-state index in [9.17, 15) is 14.4 Å². The second kappa shape index (κ2) is 12.5. The van der Waals surface area contributed by atoms with Gasteiger partial charge in [-0.3, -0.25) is 9.59 Å². The minimum atomic E-state index is -0.835. The number of thioether (sulfide) groups is 1. The van der Waals surface area contributed by atoms with E-state index < -0.39 is 23.8 Å². The Hall–Kier alpha value is -3.00. The summed E-state index contributed by atoms with van der Waals surface area (Å²) in [7, 11) is 0. The highest BCUT2D eigenvalue weighted by molar-refractivity contribution is 7.98. The molecule has 1 aliphatic rings. The molecule has 0 spiro atoms. The molecule has 0 aromatic heterocycles. The Labute approximate surface area is 224 Å². The molecule has 7 nitrogen and oxygen atoms in total. The molecule has 1 fully saturated rings. The number of rotatable bonds is 10. The quantitative estimate of drug-likeness (QED) is 0.420. The molecule has 0 aliphatic heterocycles. The predicted molar refractivity (Wildman–Crippen MR) is 150 cm³/mol. The van der Waals surface area contributed by atoms with Crippen molar-refractivity contribution in [1.29, 1.82) is 0 Å². The first-order valence-corrected chi connectivity index (χ1v) is 14.1. The average molecular weight is 526 g/mol. The first-order chi connectivity index (χ1) is 17.5. The maximum absolute atomic E-state index is 14.1. The summed E-state index contributed by atoms with van der Waals surface area (Å²) in [5.41, 5.74) is 2.65. The minimum absolute atomic E-state index is 0.0723. The molecule has 3 amide bonds. The molecule has 2 unspecified atom stereocenters. The summed E-state index contributed by atoms with van der Waals surface area (Å²) in [4.78, 5) is 42.4. The van der Waals surface area contributed by atoms with Crippen LogP contribution in [0.15, 0.2) is 48.5 Å². The number of hydrogen-bond donors (Lipinski definition) is 2. The van der Waals surface area contributed by atoms with Gasteiger partial charge in [0.25, 0.3) is 5.91 Å². The third-order valence-electron chi connectivity index (χ3n) is 6.21. The second-order valence-electron chi connectivity index (χ2n) is 10.5. The van der Waals surface area contributed by atoms with Crippen molar-refractivity contribution in [3.8, 4) is 0 Å². The molecular formula is C29H39N3O4S. The lowest BCUT2D eigenvalue weighted by molar-refractivity contribution is -0.141. The van der Waals surface area contributed by atoms with Crippen molar-refractivity contribution < 1.29 is 19.1 Å². The van der Waals surface area contributed by atoms with Crippen LogP contribution in [-0.2, 0) is 14.3 Å². The highest BCUT2D eigenvalue weighted by Crippen LogP contribution is 2.37. The van der Waals surface area contributed by atoms with Crippen molar-refractivity contribution in [2.75, 3.05) is 17.3 Å². The van der Waals surface area contributed by atoms with Crippen molar-refractivity contribution in [3.05, 3.63) is 65.2 Å². The van der Waals surface area contributed by atoms with Gasteiger partial charge in [0.05, 0.1) is 0 Å². The van der Waals surface area contributed by atoms with E-state index >= 15 is 0 Å². The van der Waals surface area contributed by atoms with Crippen molar-refractivity contribution in [2.24, 2.45) is 0 Å². The Morgan fingerprint density at radius 3 is 2.22 bits per heavy atom. The number of ether oxygens (including phenoxy) is 1. The van der Waals surface area contributed by atoms with E-state index in [0.717, 1.165) is 29.5 Å². The molecular weight excluding hydrogens is 486 g/mol. The number of carbonyl (C=O) groups excluding carboxylic acids is 3. The van der Waals surface area contributed by atoms with Crippen LogP contribution in [0.4, 0.5) is 10.5 Å². The first kappa shape index (κ1) is 28.6. The van der Waals surface area contributed by atoms with Gasteiger partial charge in [0.2, 0.25) is 5.91 Å². The SMILES string of the molecule is CSCCC(NC(=O)OC(C)(C)C)C(=O)N(C1CC1)C(C(=O)Nc1ccccc1C)c1ccccc1C. The van der Waals surface area contributed by atoms with Crippen LogP contribution in [0.5, 0.6) is 0 Å². The predicted octanol–water partition coefficient (Wildman–Crippen LogP) is 5.62. The van der Waals surface area contributed by atoms with Gasteiger partial charge < -0.3 is 20.3 Å². The number of amides is 3. The fourth-order valence-corrected chi connectivity index (χ4v) is 4.69. The third-order valence-corrected chi connectivity index (χ3v) is 6.85. The number of benzene rings is 2. The maximum Gasteiger partial charge on any atom is 0.408 e. The Morgan fingerprint density at radius 2 is 1.65 bits per heavy atom.